The molecule has 1 fully saturated rings. The lowest BCUT2D eigenvalue weighted by atomic mass is 10.2. The minimum absolute atomic E-state index is 0.0611. The summed E-state index contributed by atoms with van der Waals surface area (Å²) in [5.74, 6) is 0.303. The number of hydrogen-bond donors (Lipinski definition) is 0. The highest BCUT2D eigenvalue weighted by atomic mass is 79.9. The van der Waals surface area contributed by atoms with Crippen molar-refractivity contribution in [3.05, 3.63) is 20.8 Å². The topological polar surface area (TPSA) is 102 Å². The monoisotopic (exact) mass is 454 g/mol. The van der Waals surface area contributed by atoms with E-state index >= 15 is 0 Å². The first kappa shape index (κ1) is 20.3. The number of aldehydes is 1. The van der Waals surface area contributed by atoms with E-state index in [1.165, 1.54) is 4.52 Å². The highest BCUT2D eigenvalue weighted by molar-refractivity contribution is 9.10. The van der Waals surface area contributed by atoms with Crippen LogP contribution in [0.1, 0.15) is 26.5 Å². The molecule has 1 aliphatic rings. The number of rotatable bonds is 3. The molecule has 0 radical (unpaired) electrons. The molecule has 0 atom stereocenters. The van der Waals surface area contributed by atoms with Crippen LogP contribution in [0.4, 0.5) is 10.5 Å². The van der Waals surface area contributed by atoms with Gasteiger partial charge in [0.25, 0.3) is 5.56 Å². The standard InChI is InChI=1S/C17H23BrN6O4/c1-11-12(13(26)24-15(19-14(18)20-24)23(11)9-10-25)21-5-7-22(8-6-21)16(27)28-17(2,3)4/h10H,5-9H2,1-4H3. The number of piperazine rings is 1. The summed E-state index contributed by atoms with van der Waals surface area (Å²) >= 11 is 3.18. The third kappa shape index (κ3) is 3.89. The average molecular weight is 455 g/mol. The lowest BCUT2D eigenvalue weighted by molar-refractivity contribution is -0.108. The van der Waals surface area contributed by atoms with Gasteiger partial charge in [-0.3, -0.25) is 4.79 Å². The first-order chi connectivity index (χ1) is 13.1. The number of amides is 1. The average Bonchev–Trinajstić information content (AvgIpc) is 3.00. The van der Waals surface area contributed by atoms with E-state index in [1.54, 1.807) is 16.4 Å². The lowest BCUT2D eigenvalue weighted by Crippen LogP contribution is -2.51. The first-order valence-corrected chi connectivity index (χ1v) is 9.74. The zero-order valence-electron chi connectivity index (χ0n) is 16.3. The molecule has 2 aromatic rings. The van der Waals surface area contributed by atoms with E-state index < -0.39 is 5.60 Å². The number of hydrogen-bond acceptors (Lipinski definition) is 7. The van der Waals surface area contributed by atoms with Crippen molar-refractivity contribution in [1.82, 2.24) is 24.1 Å². The van der Waals surface area contributed by atoms with Gasteiger partial charge < -0.3 is 23.9 Å². The molecule has 2 aromatic heterocycles. The second kappa shape index (κ2) is 7.53. The quantitative estimate of drug-likeness (QED) is 0.642. The molecule has 0 spiro atoms. The summed E-state index contributed by atoms with van der Waals surface area (Å²) in [7, 11) is 0. The van der Waals surface area contributed by atoms with Crippen molar-refractivity contribution in [2.24, 2.45) is 0 Å². The van der Waals surface area contributed by atoms with Gasteiger partial charge in [-0.15, -0.1) is 5.10 Å². The molecule has 0 saturated carbocycles. The van der Waals surface area contributed by atoms with Gasteiger partial charge in [0.2, 0.25) is 10.5 Å². The first-order valence-electron chi connectivity index (χ1n) is 8.94. The van der Waals surface area contributed by atoms with Crippen LogP contribution >= 0.6 is 15.9 Å². The van der Waals surface area contributed by atoms with Gasteiger partial charge in [0.1, 0.15) is 17.6 Å². The van der Waals surface area contributed by atoms with Crippen LogP contribution in [-0.4, -0.2) is 68.2 Å². The highest BCUT2D eigenvalue weighted by Gasteiger charge is 2.29. The van der Waals surface area contributed by atoms with Gasteiger partial charge in [0, 0.05) is 31.9 Å². The number of carbonyl (C=O) groups is 2. The van der Waals surface area contributed by atoms with Crippen LogP contribution < -0.4 is 10.5 Å². The van der Waals surface area contributed by atoms with Crippen molar-refractivity contribution in [2.45, 2.75) is 39.8 Å². The Morgan fingerprint density at radius 3 is 2.46 bits per heavy atom. The third-order valence-corrected chi connectivity index (χ3v) is 4.79. The van der Waals surface area contributed by atoms with Crippen molar-refractivity contribution in [2.75, 3.05) is 31.1 Å². The Bertz CT molecular complexity index is 969. The van der Waals surface area contributed by atoms with Crippen molar-refractivity contribution < 1.29 is 14.3 Å². The lowest BCUT2D eigenvalue weighted by Gasteiger charge is -2.37. The molecule has 28 heavy (non-hydrogen) atoms. The van der Waals surface area contributed by atoms with Crippen LogP contribution in [0.5, 0.6) is 0 Å². The van der Waals surface area contributed by atoms with Crippen molar-refractivity contribution in [3.8, 4) is 0 Å². The number of nitrogens with zero attached hydrogens (tertiary/aromatic N) is 6. The second-order valence-corrected chi connectivity index (χ2v) is 8.27. The molecule has 1 saturated heterocycles. The summed E-state index contributed by atoms with van der Waals surface area (Å²) in [5, 5.41) is 4.10. The molecule has 3 heterocycles. The fourth-order valence-electron chi connectivity index (χ4n) is 3.22. The molecule has 0 unspecified atom stereocenters. The van der Waals surface area contributed by atoms with E-state index in [2.05, 4.69) is 26.0 Å². The Balaban J connectivity index is 1.90. The van der Waals surface area contributed by atoms with Crippen LogP contribution in [0.15, 0.2) is 9.53 Å². The summed E-state index contributed by atoms with van der Waals surface area (Å²) in [4.78, 5) is 44.2. The van der Waals surface area contributed by atoms with Crippen molar-refractivity contribution >= 4 is 39.8 Å². The Morgan fingerprint density at radius 1 is 1.25 bits per heavy atom. The van der Waals surface area contributed by atoms with E-state index in [4.69, 9.17) is 4.74 Å². The molecule has 0 aromatic carbocycles. The van der Waals surface area contributed by atoms with Gasteiger partial charge in [0.15, 0.2) is 0 Å². The van der Waals surface area contributed by atoms with Crippen molar-refractivity contribution in [1.29, 1.82) is 0 Å². The van der Waals surface area contributed by atoms with Crippen LogP contribution in [-0.2, 0) is 16.1 Å². The van der Waals surface area contributed by atoms with E-state index in [0.29, 0.717) is 43.3 Å². The van der Waals surface area contributed by atoms with Gasteiger partial charge >= 0.3 is 6.09 Å². The maximum Gasteiger partial charge on any atom is 0.410 e. The predicted molar refractivity (Wildman–Crippen MR) is 106 cm³/mol. The Labute approximate surface area is 170 Å². The van der Waals surface area contributed by atoms with Gasteiger partial charge in [0.05, 0.1) is 6.54 Å². The van der Waals surface area contributed by atoms with Crippen LogP contribution in [0, 0.1) is 6.92 Å². The zero-order valence-corrected chi connectivity index (χ0v) is 17.9. The van der Waals surface area contributed by atoms with Crippen molar-refractivity contribution in [3.63, 3.8) is 0 Å². The number of fused-ring (bicyclic) bond motifs is 1. The summed E-state index contributed by atoms with van der Waals surface area (Å²) < 4.78 is 8.53. The molecule has 3 rings (SSSR count). The van der Waals surface area contributed by atoms with Crippen LogP contribution in [0.3, 0.4) is 0 Å². The maximum absolute atomic E-state index is 13.0. The Morgan fingerprint density at radius 2 is 1.89 bits per heavy atom. The van der Waals surface area contributed by atoms with Gasteiger partial charge in [-0.05, 0) is 43.6 Å². The minimum atomic E-state index is -0.557. The van der Waals surface area contributed by atoms with Gasteiger partial charge in [-0.25, -0.2) is 4.79 Å². The highest BCUT2D eigenvalue weighted by Crippen LogP contribution is 2.20. The number of anilines is 1. The summed E-state index contributed by atoms with van der Waals surface area (Å²) in [6, 6.07) is 0. The summed E-state index contributed by atoms with van der Waals surface area (Å²) in [6.45, 7) is 9.12. The molecule has 11 heteroatoms. The van der Waals surface area contributed by atoms with E-state index in [1.807, 2.05) is 25.7 Å². The number of ether oxygens (including phenoxy) is 1. The number of carbonyl (C=O) groups excluding carboxylic acids is 2. The van der Waals surface area contributed by atoms with Crippen LogP contribution in [0.25, 0.3) is 5.78 Å². The summed E-state index contributed by atoms with van der Waals surface area (Å²) in [6.07, 6.45) is 0.391. The van der Waals surface area contributed by atoms with E-state index in [0.717, 1.165) is 6.29 Å². The molecule has 0 N–H and O–H groups in total. The van der Waals surface area contributed by atoms with Gasteiger partial charge in [-0.1, -0.05) is 0 Å². The molecular formula is C17H23BrN6O4. The zero-order chi connectivity index (χ0) is 20.6. The smallest absolute Gasteiger partial charge is 0.410 e. The van der Waals surface area contributed by atoms with Gasteiger partial charge in [-0.2, -0.15) is 9.50 Å². The Kier molecular flexibility index (Phi) is 5.46. The molecular weight excluding hydrogens is 432 g/mol. The summed E-state index contributed by atoms with van der Waals surface area (Å²) in [5.41, 5.74) is 0.225. The molecule has 0 bridgehead atoms. The van der Waals surface area contributed by atoms with E-state index in [9.17, 15) is 14.4 Å². The van der Waals surface area contributed by atoms with Crippen LogP contribution in [0.2, 0.25) is 0 Å². The third-order valence-electron chi connectivity index (χ3n) is 4.45. The SMILES string of the molecule is Cc1c(N2CCN(C(=O)OC(C)(C)C)CC2)c(=O)n2nc(Br)nc2n1CC=O. The minimum Gasteiger partial charge on any atom is -0.444 e. The fourth-order valence-corrected chi connectivity index (χ4v) is 3.54. The van der Waals surface area contributed by atoms with E-state index in [-0.39, 0.29) is 22.9 Å². The predicted octanol–water partition coefficient (Wildman–Crippen LogP) is 1.22. The Hall–Kier alpha value is -2.43. The number of aromatic nitrogens is 4. The maximum atomic E-state index is 13.0. The normalized spacial score (nSPS) is 15.2. The molecule has 1 aliphatic heterocycles. The molecule has 0 aliphatic carbocycles. The molecule has 152 valence electrons. The second-order valence-electron chi connectivity index (χ2n) is 7.56. The fraction of sp³-hybridized carbons (Fsp3) is 0.588. The molecule has 1 amide bonds. The largest absolute Gasteiger partial charge is 0.444 e. The number of halogens is 1. The molecule has 10 nitrogen and oxygen atoms in total.